The molecule has 0 amide bonds. The molecule has 3 unspecified atom stereocenters. The van der Waals surface area contributed by atoms with Crippen LogP contribution >= 0.6 is 0 Å². The van der Waals surface area contributed by atoms with Crippen LogP contribution in [0.1, 0.15) is 105 Å². The molecule has 8 heteroatoms. The molecule has 1 radical (unpaired) electrons. The largest absolute Gasteiger partial charge is 2.00 e. The predicted molar refractivity (Wildman–Crippen MR) is 108 cm³/mol. The second-order valence-corrected chi connectivity index (χ2v) is 7.44. The summed E-state index contributed by atoms with van der Waals surface area (Å²) in [5.41, 5.74) is 0. The van der Waals surface area contributed by atoms with Crippen molar-refractivity contribution in [2.45, 2.75) is 111 Å². The molecule has 0 aromatic carbocycles. The van der Waals surface area contributed by atoms with E-state index in [4.69, 9.17) is 5.26 Å². The zero-order chi connectivity index (χ0) is 22.7. The molecule has 0 aromatic heterocycles. The van der Waals surface area contributed by atoms with Crippen molar-refractivity contribution in [1.82, 2.24) is 0 Å². The number of carbonyl (C=O) groups is 3. The van der Waals surface area contributed by atoms with E-state index in [0.29, 0.717) is 25.7 Å². The SMILES string of the molecule is CCCCC(CC)C(=O)[O-].CCCCC(CC)C(=O)[O-].O=C1CCCCC1OO.[Co+2]. The number of carbonyl (C=O) groups excluding carboxylic acids is 3. The number of hydrogen-bond acceptors (Lipinski definition) is 7. The Balaban J connectivity index is -0.000000359. The smallest absolute Gasteiger partial charge is 0.550 e. The van der Waals surface area contributed by atoms with E-state index >= 15 is 0 Å². The van der Waals surface area contributed by atoms with Gasteiger partial charge in [0.05, 0.1) is 0 Å². The Morgan fingerprint density at radius 2 is 1.40 bits per heavy atom. The first-order chi connectivity index (χ1) is 13.8. The fourth-order valence-electron chi connectivity index (χ4n) is 2.94. The van der Waals surface area contributed by atoms with Crippen LogP contribution in [-0.4, -0.2) is 29.1 Å². The van der Waals surface area contributed by atoms with E-state index in [9.17, 15) is 24.6 Å². The second kappa shape index (κ2) is 22.7. The third-order valence-corrected chi connectivity index (χ3v) is 5.09. The van der Waals surface area contributed by atoms with Crippen LogP contribution in [0.5, 0.6) is 0 Å². The van der Waals surface area contributed by atoms with Crippen molar-refractivity contribution in [3.8, 4) is 0 Å². The summed E-state index contributed by atoms with van der Waals surface area (Å²) in [6.45, 7) is 7.89. The minimum Gasteiger partial charge on any atom is -0.550 e. The molecule has 1 aliphatic carbocycles. The third kappa shape index (κ3) is 17.9. The van der Waals surface area contributed by atoms with Crippen LogP contribution in [0.3, 0.4) is 0 Å². The van der Waals surface area contributed by atoms with Gasteiger partial charge in [0.25, 0.3) is 0 Å². The normalized spacial score (nSPS) is 17.2. The predicted octanol–water partition coefficient (Wildman–Crippen LogP) is 2.89. The third-order valence-electron chi connectivity index (χ3n) is 5.09. The van der Waals surface area contributed by atoms with Crippen LogP contribution in [0.25, 0.3) is 0 Å². The van der Waals surface area contributed by atoms with Gasteiger partial charge in [-0.1, -0.05) is 53.4 Å². The number of rotatable bonds is 11. The van der Waals surface area contributed by atoms with Crippen molar-refractivity contribution in [3.63, 3.8) is 0 Å². The molecular weight excluding hydrogens is 435 g/mol. The number of unbranched alkanes of at least 4 members (excludes halogenated alkanes) is 2. The van der Waals surface area contributed by atoms with Gasteiger partial charge < -0.3 is 19.8 Å². The zero-order valence-electron chi connectivity index (χ0n) is 18.9. The van der Waals surface area contributed by atoms with Gasteiger partial charge in [0.15, 0.2) is 11.9 Å². The van der Waals surface area contributed by atoms with Gasteiger partial charge in [0.1, 0.15) is 0 Å². The van der Waals surface area contributed by atoms with Crippen molar-refractivity contribution < 1.29 is 51.5 Å². The molecule has 1 fully saturated rings. The Kier molecular flexibility index (Phi) is 25.5. The van der Waals surface area contributed by atoms with E-state index in [1.165, 1.54) is 0 Å². The van der Waals surface area contributed by atoms with E-state index < -0.39 is 18.0 Å². The molecule has 0 aromatic rings. The Morgan fingerprint density at radius 1 is 0.967 bits per heavy atom. The number of hydrogen-bond donors (Lipinski definition) is 1. The minimum atomic E-state index is -0.893. The summed E-state index contributed by atoms with van der Waals surface area (Å²) in [7, 11) is 0. The quantitative estimate of drug-likeness (QED) is 0.360. The number of ketones is 1. The molecule has 0 saturated heterocycles. The second-order valence-electron chi connectivity index (χ2n) is 7.44. The molecule has 30 heavy (non-hydrogen) atoms. The van der Waals surface area contributed by atoms with Crippen LogP contribution in [0, 0.1) is 11.8 Å². The molecule has 3 atom stereocenters. The van der Waals surface area contributed by atoms with Crippen LogP contribution in [-0.2, 0) is 36.0 Å². The maximum atomic E-state index is 10.7. The minimum absolute atomic E-state index is 0. The molecule has 0 bridgehead atoms. The molecule has 0 spiro atoms. The Hall–Kier alpha value is -0.964. The van der Waals surface area contributed by atoms with Gasteiger partial charge in [0, 0.05) is 18.4 Å². The van der Waals surface area contributed by atoms with E-state index in [0.717, 1.165) is 51.4 Å². The average molecular weight is 475 g/mol. The first-order valence-corrected chi connectivity index (χ1v) is 11.0. The van der Waals surface area contributed by atoms with Crippen LogP contribution in [0.2, 0.25) is 0 Å². The Labute approximate surface area is 192 Å². The zero-order valence-corrected chi connectivity index (χ0v) is 20.0. The van der Waals surface area contributed by atoms with Gasteiger partial charge in [-0.3, -0.25) is 10.1 Å². The summed E-state index contributed by atoms with van der Waals surface area (Å²) in [5.74, 6) is -2.20. The van der Waals surface area contributed by atoms with Gasteiger partial charge in [-0.2, -0.15) is 0 Å². The van der Waals surface area contributed by atoms with Gasteiger partial charge in [-0.05, 0) is 56.8 Å². The maximum absolute atomic E-state index is 10.7. The molecular formula is C22H40CoO7. The molecule has 7 nitrogen and oxygen atoms in total. The average Bonchev–Trinajstić information content (AvgIpc) is 2.70. The van der Waals surface area contributed by atoms with Crippen molar-refractivity contribution in [2.24, 2.45) is 11.8 Å². The van der Waals surface area contributed by atoms with Crippen molar-refractivity contribution in [3.05, 3.63) is 0 Å². The first-order valence-electron chi connectivity index (χ1n) is 11.0. The maximum Gasteiger partial charge on any atom is 2.00 e. The molecule has 1 N–H and O–H groups in total. The fraction of sp³-hybridized carbons (Fsp3) is 0.864. The van der Waals surface area contributed by atoms with E-state index in [2.05, 4.69) is 18.7 Å². The van der Waals surface area contributed by atoms with Crippen molar-refractivity contribution in [1.29, 1.82) is 0 Å². The van der Waals surface area contributed by atoms with E-state index in [-0.39, 0.29) is 34.4 Å². The number of carboxylic acid groups (broad SMARTS) is 2. The topological polar surface area (TPSA) is 127 Å². The summed E-state index contributed by atoms with van der Waals surface area (Å²) in [4.78, 5) is 35.3. The molecule has 0 heterocycles. The molecule has 0 aliphatic heterocycles. The van der Waals surface area contributed by atoms with Gasteiger partial charge in [-0.15, -0.1) is 0 Å². The summed E-state index contributed by atoms with van der Waals surface area (Å²) < 4.78 is 0. The number of Topliss-reactive ketones (excluding diaryl/α,β-unsaturated/α-hetero) is 1. The van der Waals surface area contributed by atoms with Crippen LogP contribution < -0.4 is 10.2 Å². The summed E-state index contributed by atoms with van der Waals surface area (Å²) in [6, 6.07) is 0. The first kappa shape index (κ1) is 33.7. The monoisotopic (exact) mass is 475 g/mol. The summed E-state index contributed by atoms with van der Waals surface area (Å²) in [6.07, 6.45) is 9.68. The van der Waals surface area contributed by atoms with Crippen molar-refractivity contribution >= 4 is 17.7 Å². The fourth-order valence-corrected chi connectivity index (χ4v) is 2.94. The van der Waals surface area contributed by atoms with Gasteiger partial charge in [0.2, 0.25) is 0 Å². The molecule has 1 aliphatic rings. The van der Waals surface area contributed by atoms with E-state index in [1.807, 2.05) is 13.8 Å². The Bertz CT molecular complexity index is 417. The van der Waals surface area contributed by atoms with Crippen LogP contribution in [0.15, 0.2) is 0 Å². The van der Waals surface area contributed by atoms with Crippen LogP contribution in [0.4, 0.5) is 0 Å². The van der Waals surface area contributed by atoms with Crippen molar-refractivity contribution in [2.75, 3.05) is 0 Å². The molecule has 179 valence electrons. The Morgan fingerprint density at radius 3 is 1.63 bits per heavy atom. The summed E-state index contributed by atoms with van der Waals surface area (Å²) in [5, 5.41) is 28.8. The summed E-state index contributed by atoms with van der Waals surface area (Å²) >= 11 is 0. The molecule has 1 saturated carbocycles. The van der Waals surface area contributed by atoms with Gasteiger partial charge in [-0.25, -0.2) is 4.89 Å². The molecule has 1 rings (SSSR count). The number of carboxylic acids is 2. The van der Waals surface area contributed by atoms with Gasteiger partial charge >= 0.3 is 16.8 Å². The number of aliphatic carboxylic acids is 2. The standard InChI is InChI=1S/2C8H16O2.C6H10O3.Co/c2*1-3-5-6-7(4-2)8(9)10;7-5-3-1-2-4-6(5)9-8;/h2*7H,3-6H2,1-2H3,(H,9,10);6,8H,1-4H2;/q;;;+2/p-2. The van der Waals surface area contributed by atoms with E-state index in [1.54, 1.807) is 0 Å².